The van der Waals surface area contributed by atoms with Crippen LogP contribution in [0.5, 0.6) is 0 Å². The lowest BCUT2D eigenvalue weighted by Gasteiger charge is -2.23. The van der Waals surface area contributed by atoms with Crippen LogP contribution in [0.25, 0.3) is 0 Å². The Hall–Kier alpha value is -0.450. The summed E-state index contributed by atoms with van der Waals surface area (Å²) in [6, 6.07) is 4.91. The molecule has 0 spiro atoms. The van der Waals surface area contributed by atoms with Crippen molar-refractivity contribution in [2.45, 2.75) is 31.8 Å². The van der Waals surface area contributed by atoms with Crippen molar-refractivity contribution in [1.82, 2.24) is 15.2 Å². The van der Waals surface area contributed by atoms with Gasteiger partial charge in [-0.25, -0.2) is 0 Å². The Morgan fingerprint density at radius 3 is 3.00 bits per heavy atom. The molecule has 1 atom stereocenters. The summed E-state index contributed by atoms with van der Waals surface area (Å²) in [5.41, 5.74) is 1.18. The SMILES string of the molecule is Brc1ccc(CN2CCCNC(C3CC3)C2)nc1. The molecule has 18 heavy (non-hydrogen) atoms. The predicted octanol–water partition coefficient (Wildman–Crippen LogP) is 2.42. The van der Waals surface area contributed by atoms with Gasteiger partial charge in [-0.1, -0.05) is 0 Å². The maximum Gasteiger partial charge on any atom is 0.0544 e. The zero-order chi connectivity index (χ0) is 12.4. The third-order valence-electron chi connectivity index (χ3n) is 3.88. The Bertz CT molecular complexity index is 389. The smallest absolute Gasteiger partial charge is 0.0544 e. The van der Waals surface area contributed by atoms with Crippen LogP contribution in [0, 0.1) is 5.92 Å². The zero-order valence-electron chi connectivity index (χ0n) is 10.6. The van der Waals surface area contributed by atoms with E-state index in [1.807, 2.05) is 6.20 Å². The lowest BCUT2D eigenvalue weighted by molar-refractivity contribution is 0.248. The second kappa shape index (κ2) is 5.68. The van der Waals surface area contributed by atoms with Crippen molar-refractivity contribution in [3.05, 3.63) is 28.5 Å². The van der Waals surface area contributed by atoms with Gasteiger partial charge in [0.05, 0.1) is 5.69 Å². The molecule has 0 aromatic carbocycles. The van der Waals surface area contributed by atoms with Crippen LogP contribution in [0.4, 0.5) is 0 Å². The molecule has 0 bridgehead atoms. The molecular formula is C14H20BrN3. The van der Waals surface area contributed by atoms with Crippen molar-refractivity contribution in [1.29, 1.82) is 0 Å². The van der Waals surface area contributed by atoms with E-state index in [2.05, 4.69) is 43.3 Å². The van der Waals surface area contributed by atoms with E-state index in [0.717, 1.165) is 16.9 Å². The molecule has 2 heterocycles. The molecule has 3 nitrogen and oxygen atoms in total. The summed E-state index contributed by atoms with van der Waals surface area (Å²) >= 11 is 3.43. The van der Waals surface area contributed by atoms with Crippen LogP contribution < -0.4 is 5.32 Å². The van der Waals surface area contributed by atoms with Gasteiger partial charge in [-0.15, -0.1) is 0 Å². The van der Waals surface area contributed by atoms with E-state index in [9.17, 15) is 0 Å². The van der Waals surface area contributed by atoms with E-state index in [4.69, 9.17) is 0 Å². The number of rotatable bonds is 3. The monoisotopic (exact) mass is 309 g/mol. The highest BCUT2D eigenvalue weighted by atomic mass is 79.9. The maximum absolute atomic E-state index is 4.48. The molecule has 1 N–H and O–H groups in total. The summed E-state index contributed by atoms with van der Waals surface area (Å²) in [4.78, 5) is 7.03. The molecule has 1 aromatic heterocycles. The number of hydrogen-bond donors (Lipinski definition) is 1. The minimum atomic E-state index is 0.711. The van der Waals surface area contributed by atoms with Crippen molar-refractivity contribution in [2.24, 2.45) is 5.92 Å². The van der Waals surface area contributed by atoms with Gasteiger partial charge in [0.1, 0.15) is 0 Å². The first kappa shape index (κ1) is 12.6. The van der Waals surface area contributed by atoms with Gasteiger partial charge < -0.3 is 5.32 Å². The fraction of sp³-hybridized carbons (Fsp3) is 0.643. The highest BCUT2D eigenvalue weighted by molar-refractivity contribution is 9.10. The van der Waals surface area contributed by atoms with E-state index < -0.39 is 0 Å². The molecule has 98 valence electrons. The Morgan fingerprint density at radius 1 is 1.39 bits per heavy atom. The standard InChI is InChI=1S/C14H20BrN3/c15-12-4-5-13(17-8-12)9-18-7-1-6-16-14(10-18)11-2-3-11/h4-5,8,11,14,16H,1-3,6-7,9-10H2. The second-order valence-electron chi connectivity index (χ2n) is 5.45. The fourth-order valence-electron chi connectivity index (χ4n) is 2.71. The molecule has 4 heteroatoms. The lowest BCUT2D eigenvalue weighted by atomic mass is 10.2. The number of halogens is 1. The fourth-order valence-corrected chi connectivity index (χ4v) is 2.95. The number of pyridine rings is 1. The van der Waals surface area contributed by atoms with E-state index in [0.29, 0.717) is 6.04 Å². The van der Waals surface area contributed by atoms with Gasteiger partial charge in [0.25, 0.3) is 0 Å². The van der Waals surface area contributed by atoms with Gasteiger partial charge in [-0.3, -0.25) is 9.88 Å². The molecule has 0 radical (unpaired) electrons. The van der Waals surface area contributed by atoms with Gasteiger partial charge in [0.2, 0.25) is 0 Å². The van der Waals surface area contributed by atoms with Crippen LogP contribution in [-0.2, 0) is 6.54 Å². The van der Waals surface area contributed by atoms with Gasteiger partial charge in [0, 0.05) is 29.8 Å². The van der Waals surface area contributed by atoms with Crippen LogP contribution >= 0.6 is 15.9 Å². The summed E-state index contributed by atoms with van der Waals surface area (Å²) in [5.74, 6) is 0.934. The first-order valence-corrected chi connectivity index (χ1v) is 7.67. The van der Waals surface area contributed by atoms with Crippen molar-refractivity contribution in [3.63, 3.8) is 0 Å². The third-order valence-corrected chi connectivity index (χ3v) is 4.35. The molecule has 1 aliphatic carbocycles. The zero-order valence-corrected chi connectivity index (χ0v) is 12.2. The average molecular weight is 310 g/mol. The maximum atomic E-state index is 4.48. The van der Waals surface area contributed by atoms with Gasteiger partial charge in [-0.2, -0.15) is 0 Å². The molecule has 1 aliphatic heterocycles. The molecule has 1 unspecified atom stereocenters. The van der Waals surface area contributed by atoms with E-state index in [1.165, 1.54) is 44.6 Å². The number of hydrogen-bond acceptors (Lipinski definition) is 3. The Balaban J connectivity index is 1.61. The predicted molar refractivity (Wildman–Crippen MR) is 76.3 cm³/mol. The summed E-state index contributed by atoms with van der Waals surface area (Å²) in [6.07, 6.45) is 5.98. The normalized spacial score (nSPS) is 25.9. The topological polar surface area (TPSA) is 28.2 Å². The summed E-state index contributed by atoms with van der Waals surface area (Å²) in [6.45, 7) is 4.53. The molecule has 1 saturated heterocycles. The van der Waals surface area contributed by atoms with Gasteiger partial charge in [0.15, 0.2) is 0 Å². The highest BCUT2D eigenvalue weighted by Crippen LogP contribution is 2.33. The van der Waals surface area contributed by atoms with Crippen molar-refractivity contribution in [3.8, 4) is 0 Å². The Kier molecular flexibility index (Phi) is 3.97. The molecule has 1 aromatic rings. The lowest BCUT2D eigenvalue weighted by Crippen LogP contribution is -2.39. The largest absolute Gasteiger partial charge is 0.312 e. The van der Waals surface area contributed by atoms with Crippen LogP contribution in [0.2, 0.25) is 0 Å². The van der Waals surface area contributed by atoms with Crippen LogP contribution in [0.15, 0.2) is 22.8 Å². The molecule has 2 fully saturated rings. The summed E-state index contributed by atoms with van der Waals surface area (Å²) < 4.78 is 1.06. The third kappa shape index (κ3) is 3.31. The second-order valence-corrected chi connectivity index (χ2v) is 6.37. The first-order chi connectivity index (χ1) is 8.81. The summed E-state index contributed by atoms with van der Waals surface area (Å²) in [5, 5.41) is 3.70. The number of nitrogens with one attached hydrogen (secondary N) is 1. The number of nitrogens with zero attached hydrogens (tertiary/aromatic N) is 2. The molecule has 3 rings (SSSR count). The Morgan fingerprint density at radius 2 is 2.28 bits per heavy atom. The van der Waals surface area contributed by atoms with Crippen molar-refractivity contribution < 1.29 is 0 Å². The van der Waals surface area contributed by atoms with E-state index >= 15 is 0 Å². The molecule has 1 saturated carbocycles. The van der Waals surface area contributed by atoms with E-state index in [1.54, 1.807) is 0 Å². The molecular weight excluding hydrogens is 290 g/mol. The first-order valence-electron chi connectivity index (χ1n) is 6.87. The quantitative estimate of drug-likeness (QED) is 0.929. The molecule has 0 amide bonds. The Labute approximate surface area is 117 Å². The minimum Gasteiger partial charge on any atom is -0.312 e. The highest BCUT2D eigenvalue weighted by Gasteiger charge is 2.32. The van der Waals surface area contributed by atoms with Crippen LogP contribution in [0.1, 0.15) is 25.0 Å². The van der Waals surface area contributed by atoms with Crippen molar-refractivity contribution in [2.75, 3.05) is 19.6 Å². The number of aromatic nitrogens is 1. The minimum absolute atomic E-state index is 0.711. The van der Waals surface area contributed by atoms with E-state index in [-0.39, 0.29) is 0 Å². The average Bonchev–Trinajstić information content (AvgIpc) is 3.18. The van der Waals surface area contributed by atoms with Crippen LogP contribution in [0.3, 0.4) is 0 Å². The van der Waals surface area contributed by atoms with Crippen LogP contribution in [-0.4, -0.2) is 35.6 Å². The molecule has 2 aliphatic rings. The van der Waals surface area contributed by atoms with Crippen molar-refractivity contribution >= 4 is 15.9 Å². The van der Waals surface area contributed by atoms with Gasteiger partial charge >= 0.3 is 0 Å². The summed E-state index contributed by atoms with van der Waals surface area (Å²) in [7, 11) is 0. The van der Waals surface area contributed by atoms with Gasteiger partial charge in [-0.05, 0) is 66.3 Å².